The Hall–Kier alpha value is -4.07. The molecule has 1 atom stereocenters. The molecule has 0 radical (unpaired) electrons. The van der Waals surface area contributed by atoms with E-state index in [1.54, 1.807) is 0 Å². The first-order valence-corrected chi connectivity index (χ1v) is 12.1. The molecule has 0 saturated carbocycles. The molecule has 1 aliphatic rings. The van der Waals surface area contributed by atoms with Crippen LogP contribution in [-0.2, 0) is 27.4 Å². The normalized spacial score (nSPS) is 15.4. The third-order valence-corrected chi connectivity index (χ3v) is 6.70. The molecule has 36 heavy (non-hydrogen) atoms. The first kappa shape index (κ1) is 25.0. The van der Waals surface area contributed by atoms with Crippen LogP contribution in [-0.4, -0.2) is 47.9 Å². The number of ether oxygens (including phenoxy) is 1. The minimum Gasteiger partial charge on any atom is -0.506 e. The maximum absolute atomic E-state index is 13.3. The topological polar surface area (TPSA) is 152 Å². The number of carboxylic acids is 1. The van der Waals surface area contributed by atoms with Crippen LogP contribution in [0.5, 0.6) is 11.5 Å². The van der Waals surface area contributed by atoms with Gasteiger partial charge in [-0.3, -0.25) is 19.0 Å². The van der Waals surface area contributed by atoms with Crippen molar-refractivity contribution in [3.05, 3.63) is 63.4 Å². The average molecular weight is 526 g/mol. The number of nitrogens with one attached hydrogen (secondary N) is 1. The number of aromatic hydroxyl groups is 1. The fourth-order valence-corrected chi connectivity index (χ4v) is 4.84. The number of sulfone groups is 1. The molecular weight excluding hydrogens is 509 g/mol. The lowest BCUT2D eigenvalue weighted by Gasteiger charge is -2.29. The van der Waals surface area contributed by atoms with Crippen LogP contribution in [0, 0.1) is 0 Å². The third kappa shape index (κ3) is 4.34. The SMILES string of the molecule is CS(=O)(=O)c1ccc2c3c1c(O)c(C(=O)NCC(=O)O)c(=O)n3CC(c1ccc(C(F)(F)F)cc1)O2. The van der Waals surface area contributed by atoms with Gasteiger partial charge in [0.1, 0.15) is 29.7 Å². The fourth-order valence-electron chi connectivity index (χ4n) is 3.96. The van der Waals surface area contributed by atoms with Gasteiger partial charge in [0.15, 0.2) is 9.84 Å². The minimum absolute atomic E-state index is 0.0570. The Bertz CT molecular complexity index is 1580. The highest BCUT2D eigenvalue weighted by atomic mass is 32.2. The largest absolute Gasteiger partial charge is 0.506 e. The summed E-state index contributed by atoms with van der Waals surface area (Å²) in [7, 11) is -4.00. The highest BCUT2D eigenvalue weighted by molar-refractivity contribution is 7.91. The minimum atomic E-state index is -4.57. The molecule has 1 unspecified atom stereocenters. The molecule has 1 aliphatic heterocycles. The van der Waals surface area contributed by atoms with Gasteiger partial charge >= 0.3 is 12.1 Å². The van der Waals surface area contributed by atoms with Crippen molar-refractivity contribution in [3.63, 3.8) is 0 Å². The van der Waals surface area contributed by atoms with Gasteiger partial charge in [0.05, 0.1) is 27.9 Å². The Balaban J connectivity index is 1.93. The molecule has 1 amide bonds. The summed E-state index contributed by atoms with van der Waals surface area (Å²) in [6.45, 7) is -1.23. The molecule has 1 aromatic heterocycles. The van der Waals surface area contributed by atoms with Crippen LogP contribution in [0.25, 0.3) is 10.9 Å². The van der Waals surface area contributed by atoms with E-state index in [1.165, 1.54) is 6.07 Å². The lowest BCUT2D eigenvalue weighted by Crippen LogP contribution is -2.38. The molecule has 0 fully saturated rings. The second-order valence-electron chi connectivity index (χ2n) is 8.00. The predicted octanol–water partition coefficient (Wildman–Crippen LogP) is 2.08. The first-order chi connectivity index (χ1) is 16.7. The summed E-state index contributed by atoms with van der Waals surface area (Å²) in [6.07, 6.45) is -4.74. The van der Waals surface area contributed by atoms with Gasteiger partial charge in [-0.05, 0) is 29.8 Å². The van der Waals surface area contributed by atoms with E-state index >= 15 is 0 Å². The molecule has 3 N–H and O–H groups in total. The highest BCUT2D eigenvalue weighted by Crippen LogP contribution is 2.42. The van der Waals surface area contributed by atoms with E-state index in [9.17, 15) is 41.1 Å². The van der Waals surface area contributed by atoms with Crippen LogP contribution < -0.4 is 15.6 Å². The molecule has 190 valence electrons. The van der Waals surface area contributed by atoms with Crippen LogP contribution in [0.2, 0.25) is 0 Å². The van der Waals surface area contributed by atoms with Crippen LogP contribution in [0.3, 0.4) is 0 Å². The zero-order valence-corrected chi connectivity index (χ0v) is 19.1. The molecule has 0 saturated heterocycles. The van der Waals surface area contributed by atoms with Gasteiger partial charge in [0.25, 0.3) is 11.5 Å². The lowest BCUT2D eigenvalue weighted by atomic mass is 10.0. The Morgan fingerprint density at radius 3 is 2.36 bits per heavy atom. The Morgan fingerprint density at radius 2 is 1.81 bits per heavy atom. The highest BCUT2D eigenvalue weighted by Gasteiger charge is 2.34. The number of pyridine rings is 1. The van der Waals surface area contributed by atoms with Crippen molar-refractivity contribution in [1.82, 2.24) is 9.88 Å². The van der Waals surface area contributed by atoms with E-state index in [2.05, 4.69) is 0 Å². The molecule has 3 aromatic rings. The summed E-state index contributed by atoms with van der Waals surface area (Å²) in [5.41, 5.74) is -2.75. The predicted molar refractivity (Wildman–Crippen MR) is 118 cm³/mol. The van der Waals surface area contributed by atoms with Gasteiger partial charge < -0.3 is 20.3 Å². The Morgan fingerprint density at radius 1 is 1.17 bits per heavy atom. The van der Waals surface area contributed by atoms with Crippen molar-refractivity contribution in [2.75, 3.05) is 12.8 Å². The molecule has 0 aliphatic carbocycles. The second kappa shape index (κ2) is 8.55. The van der Waals surface area contributed by atoms with E-state index in [-0.39, 0.29) is 28.8 Å². The molecule has 4 rings (SSSR count). The monoisotopic (exact) mass is 526 g/mol. The van der Waals surface area contributed by atoms with Crippen molar-refractivity contribution in [2.45, 2.75) is 23.7 Å². The summed E-state index contributed by atoms with van der Waals surface area (Å²) in [4.78, 5) is 36.3. The van der Waals surface area contributed by atoms with Crippen molar-refractivity contribution >= 4 is 32.6 Å². The van der Waals surface area contributed by atoms with Crippen LogP contribution in [0.15, 0.2) is 46.1 Å². The van der Waals surface area contributed by atoms with Crippen LogP contribution in [0.4, 0.5) is 13.2 Å². The van der Waals surface area contributed by atoms with E-state index in [0.29, 0.717) is 0 Å². The molecular formula is C22H17F3N2O8S. The number of carbonyl (C=O) groups is 2. The first-order valence-electron chi connectivity index (χ1n) is 10.2. The smallest absolute Gasteiger partial charge is 0.416 e. The zero-order chi connectivity index (χ0) is 26.6. The van der Waals surface area contributed by atoms with Crippen molar-refractivity contribution in [3.8, 4) is 11.5 Å². The standard InChI is InChI=1S/C22H17F3N2O8S/c1-36(33,34)14-7-6-12-18-16(14)19(30)17(20(31)26-8-15(28)29)21(32)27(18)9-13(35-12)10-2-4-11(5-3-10)22(23,24)25/h2-7,13,30H,8-9H2,1H3,(H,26,31)(H,28,29). The molecule has 14 heteroatoms. The van der Waals surface area contributed by atoms with Crippen LogP contribution >= 0.6 is 0 Å². The van der Waals surface area contributed by atoms with Crippen molar-refractivity contribution in [2.24, 2.45) is 0 Å². The zero-order valence-electron chi connectivity index (χ0n) is 18.3. The number of carbonyl (C=O) groups excluding carboxylic acids is 1. The molecule has 0 spiro atoms. The quantitative estimate of drug-likeness (QED) is 0.457. The van der Waals surface area contributed by atoms with Crippen LogP contribution in [0.1, 0.15) is 27.6 Å². The van der Waals surface area contributed by atoms with Crippen molar-refractivity contribution in [1.29, 1.82) is 0 Å². The number of amides is 1. The number of hydrogen-bond acceptors (Lipinski definition) is 7. The maximum Gasteiger partial charge on any atom is 0.416 e. The van der Waals surface area contributed by atoms with Gasteiger partial charge in [-0.1, -0.05) is 12.1 Å². The lowest BCUT2D eigenvalue weighted by molar-refractivity contribution is -0.138. The van der Waals surface area contributed by atoms with Crippen molar-refractivity contribution < 1.29 is 46.1 Å². The summed E-state index contributed by atoms with van der Waals surface area (Å²) in [5.74, 6) is -3.72. The summed E-state index contributed by atoms with van der Waals surface area (Å²) < 4.78 is 70.5. The average Bonchev–Trinajstić information content (AvgIpc) is 2.79. The molecule has 2 aromatic carbocycles. The third-order valence-electron chi connectivity index (χ3n) is 5.56. The number of hydrogen-bond donors (Lipinski definition) is 3. The van der Waals surface area contributed by atoms with E-state index in [1.807, 2.05) is 5.32 Å². The number of rotatable bonds is 5. The van der Waals surface area contributed by atoms with E-state index in [4.69, 9.17) is 9.84 Å². The van der Waals surface area contributed by atoms with E-state index in [0.717, 1.165) is 41.2 Å². The number of carboxylic acid groups (broad SMARTS) is 1. The molecule has 10 nitrogen and oxygen atoms in total. The number of aromatic nitrogens is 1. The second-order valence-corrected chi connectivity index (χ2v) is 9.98. The van der Waals surface area contributed by atoms with Gasteiger partial charge in [0, 0.05) is 6.26 Å². The number of halogens is 3. The van der Waals surface area contributed by atoms with Gasteiger partial charge in [-0.15, -0.1) is 0 Å². The fraction of sp³-hybridized carbons (Fsp3) is 0.227. The molecule has 2 heterocycles. The maximum atomic E-state index is 13.3. The Kier molecular flexibility index (Phi) is 5.95. The number of aliphatic carboxylic acids is 1. The van der Waals surface area contributed by atoms with E-state index < -0.39 is 67.9 Å². The number of benzene rings is 2. The number of nitrogens with zero attached hydrogens (tertiary/aromatic N) is 1. The van der Waals surface area contributed by atoms with Gasteiger partial charge in [-0.2, -0.15) is 13.2 Å². The summed E-state index contributed by atoms with van der Waals surface area (Å²) in [5, 5.41) is 21.2. The summed E-state index contributed by atoms with van der Waals surface area (Å²) in [6, 6.07) is 6.31. The summed E-state index contributed by atoms with van der Waals surface area (Å²) >= 11 is 0. The van der Waals surface area contributed by atoms with Gasteiger partial charge in [-0.25, -0.2) is 8.42 Å². The molecule has 0 bridgehead atoms. The Labute approximate surface area is 200 Å². The number of alkyl halides is 3. The van der Waals surface area contributed by atoms with Gasteiger partial charge in [0.2, 0.25) is 0 Å².